The van der Waals surface area contributed by atoms with E-state index in [2.05, 4.69) is 34.7 Å². The summed E-state index contributed by atoms with van der Waals surface area (Å²) in [5.41, 5.74) is 2.32. The molecule has 0 aromatic heterocycles. The molecule has 0 saturated carbocycles. The van der Waals surface area contributed by atoms with Crippen molar-refractivity contribution in [3.63, 3.8) is 0 Å². The zero-order valence-electron chi connectivity index (χ0n) is 15.4. The number of nitrogens with zero attached hydrogens (tertiary/aromatic N) is 1. The van der Waals surface area contributed by atoms with E-state index in [0.29, 0.717) is 10.9 Å². The molecule has 0 aliphatic carbocycles. The molecule has 1 N–H and O–H groups in total. The van der Waals surface area contributed by atoms with Crippen molar-refractivity contribution in [3.8, 4) is 0 Å². The Hall–Kier alpha value is -0.580. The Morgan fingerprint density at radius 2 is 1.78 bits per heavy atom. The fraction of sp³-hybridized carbons (Fsp3) is 0.429. The number of halogens is 3. The minimum absolute atomic E-state index is 0.246. The highest BCUT2D eigenvalue weighted by Gasteiger charge is 2.30. The van der Waals surface area contributed by atoms with Gasteiger partial charge in [0.2, 0.25) is 0 Å². The van der Waals surface area contributed by atoms with Crippen LogP contribution in [0.4, 0.5) is 5.69 Å². The number of benzene rings is 2. The SMILES string of the molecule is CCCSNCC1CCC(c2ccc(Cl)cc2Cl)N(c2ccc(Cl)cc2)C1. The average Bonchev–Trinajstić information content (AvgIpc) is 2.66. The normalized spacial score (nSPS) is 20.1. The summed E-state index contributed by atoms with van der Waals surface area (Å²) in [6.07, 6.45) is 3.43. The molecule has 0 bridgehead atoms. The molecule has 1 heterocycles. The lowest BCUT2D eigenvalue weighted by molar-refractivity contribution is 0.361. The molecule has 1 fully saturated rings. The second-order valence-electron chi connectivity index (χ2n) is 6.95. The van der Waals surface area contributed by atoms with E-state index in [1.807, 2.05) is 36.2 Å². The fourth-order valence-electron chi connectivity index (χ4n) is 3.58. The van der Waals surface area contributed by atoms with Gasteiger partial charge in [-0.1, -0.05) is 59.7 Å². The van der Waals surface area contributed by atoms with Crippen LogP contribution in [-0.2, 0) is 0 Å². The summed E-state index contributed by atoms with van der Waals surface area (Å²) in [7, 11) is 0. The number of nitrogens with one attached hydrogen (secondary N) is 1. The van der Waals surface area contributed by atoms with Crippen molar-refractivity contribution in [1.82, 2.24) is 4.72 Å². The molecule has 2 aromatic carbocycles. The molecule has 0 spiro atoms. The van der Waals surface area contributed by atoms with Crippen LogP contribution in [0.25, 0.3) is 0 Å². The first-order valence-corrected chi connectivity index (χ1v) is 11.5. The second-order valence-corrected chi connectivity index (χ2v) is 9.22. The zero-order valence-corrected chi connectivity index (χ0v) is 18.5. The molecule has 1 aliphatic rings. The average molecular weight is 444 g/mol. The summed E-state index contributed by atoms with van der Waals surface area (Å²) in [6.45, 7) is 4.22. The smallest absolute Gasteiger partial charge is 0.0557 e. The number of anilines is 1. The van der Waals surface area contributed by atoms with Crippen LogP contribution in [0.1, 0.15) is 37.8 Å². The third-order valence-electron chi connectivity index (χ3n) is 4.94. The number of hydrogen-bond donors (Lipinski definition) is 1. The van der Waals surface area contributed by atoms with Crippen LogP contribution in [0, 0.1) is 5.92 Å². The summed E-state index contributed by atoms with van der Waals surface area (Å²) in [5.74, 6) is 1.75. The molecule has 2 unspecified atom stereocenters. The van der Waals surface area contributed by atoms with E-state index in [4.69, 9.17) is 34.8 Å². The Balaban J connectivity index is 1.80. The molecule has 2 nitrogen and oxygen atoms in total. The fourth-order valence-corrected chi connectivity index (χ4v) is 4.94. The van der Waals surface area contributed by atoms with Gasteiger partial charge in [-0.15, -0.1) is 0 Å². The molecule has 1 saturated heterocycles. The van der Waals surface area contributed by atoms with Gasteiger partial charge in [0.05, 0.1) is 6.04 Å². The van der Waals surface area contributed by atoms with Crippen molar-refractivity contribution in [1.29, 1.82) is 0 Å². The maximum Gasteiger partial charge on any atom is 0.0557 e. The molecular weight excluding hydrogens is 419 g/mol. The first-order chi connectivity index (χ1) is 13.1. The number of piperidine rings is 1. The van der Waals surface area contributed by atoms with Crippen LogP contribution in [0.15, 0.2) is 42.5 Å². The van der Waals surface area contributed by atoms with Gasteiger partial charge in [0, 0.05) is 39.6 Å². The van der Waals surface area contributed by atoms with Gasteiger partial charge in [-0.25, -0.2) is 0 Å². The summed E-state index contributed by atoms with van der Waals surface area (Å²) in [6, 6.07) is 14.2. The van der Waals surface area contributed by atoms with Gasteiger partial charge in [0.15, 0.2) is 0 Å². The molecule has 1 aliphatic heterocycles. The Bertz CT molecular complexity index is 739. The van der Waals surface area contributed by atoms with E-state index in [9.17, 15) is 0 Å². The van der Waals surface area contributed by atoms with Gasteiger partial charge >= 0.3 is 0 Å². The second kappa shape index (κ2) is 10.3. The van der Waals surface area contributed by atoms with Gasteiger partial charge in [-0.3, -0.25) is 4.72 Å². The quantitative estimate of drug-likeness (QED) is 0.358. The Kier molecular flexibility index (Phi) is 8.04. The molecular formula is C21H25Cl3N2S. The van der Waals surface area contributed by atoms with E-state index >= 15 is 0 Å². The van der Waals surface area contributed by atoms with Crippen LogP contribution >= 0.6 is 46.8 Å². The van der Waals surface area contributed by atoms with Crippen molar-refractivity contribution >= 4 is 52.4 Å². The highest BCUT2D eigenvalue weighted by atomic mass is 35.5. The van der Waals surface area contributed by atoms with Gasteiger partial charge < -0.3 is 4.90 Å². The predicted octanol–water partition coefficient (Wildman–Crippen LogP) is 7.25. The van der Waals surface area contributed by atoms with Crippen LogP contribution in [0.3, 0.4) is 0 Å². The topological polar surface area (TPSA) is 15.3 Å². The van der Waals surface area contributed by atoms with E-state index in [0.717, 1.165) is 40.9 Å². The minimum Gasteiger partial charge on any atom is -0.364 e. The van der Waals surface area contributed by atoms with E-state index in [1.54, 1.807) is 0 Å². The summed E-state index contributed by atoms with van der Waals surface area (Å²) < 4.78 is 3.54. The van der Waals surface area contributed by atoms with Crippen molar-refractivity contribution in [2.45, 2.75) is 32.2 Å². The molecule has 3 rings (SSSR count). The molecule has 146 valence electrons. The lowest BCUT2D eigenvalue weighted by atomic mass is 9.88. The van der Waals surface area contributed by atoms with E-state index in [1.165, 1.54) is 18.5 Å². The first-order valence-electron chi connectivity index (χ1n) is 9.40. The Morgan fingerprint density at radius 3 is 2.48 bits per heavy atom. The minimum atomic E-state index is 0.246. The largest absolute Gasteiger partial charge is 0.364 e. The highest BCUT2D eigenvalue weighted by molar-refractivity contribution is 7.97. The van der Waals surface area contributed by atoms with Crippen LogP contribution in [-0.4, -0.2) is 18.8 Å². The van der Waals surface area contributed by atoms with E-state index < -0.39 is 0 Å². The standard InChI is InChI=1S/C21H25Cl3N2S/c1-2-11-27-25-13-15-3-10-21(19-9-6-17(23)12-20(19)24)26(14-15)18-7-4-16(22)5-8-18/h4-9,12,15,21,25H,2-3,10-11,13-14H2,1H3. The van der Waals surface area contributed by atoms with Crippen molar-refractivity contribution < 1.29 is 0 Å². The molecule has 0 amide bonds. The Labute approximate surface area is 181 Å². The number of hydrogen-bond acceptors (Lipinski definition) is 3. The maximum absolute atomic E-state index is 6.55. The summed E-state index contributed by atoms with van der Waals surface area (Å²) in [5, 5.41) is 2.17. The molecule has 27 heavy (non-hydrogen) atoms. The summed E-state index contributed by atoms with van der Waals surface area (Å²) in [4.78, 5) is 2.46. The van der Waals surface area contributed by atoms with Crippen LogP contribution in [0.5, 0.6) is 0 Å². The molecule has 2 atom stereocenters. The van der Waals surface area contributed by atoms with Gasteiger partial charge in [-0.2, -0.15) is 0 Å². The lowest BCUT2D eigenvalue weighted by Gasteiger charge is -2.42. The van der Waals surface area contributed by atoms with Crippen LogP contribution < -0.4 is 9.62 Å². The predicted molar refractivity (Wildman–Crippen MR) is 121 cm³/mol. The van der Waals surface area contributed by atoms with Crippen molar-refractivity contribution in [2.24, 2.45) is 5.92 Å². The maximum atomic E-state index is 6.55. The highest BCUT2D eigenvalue weighted by Crippen LogP contribution is 2.40. The zero-order chi connectivity index (χ0) is 19.2. The Morgan fingerprint density at radius 1 is 1.04 bits per heavy atom. The van der Waals surface area contributed by atoms with Crippen molar-refractivity contribution in [3.05, 3.63) is 63.1 Å². The monoisotopic (exact) mass is 442 g/mol. The van der Waals surface area contributed by atoms with Gasteiger partial charge in [-0.05, 0) is 67.1 Å². The van der Waals surface area contributed by atoms with Crippen molar-refractivity contribution in [2.75, 3.05) is 23.7 Å². The lowest BCUT2D eigenvalue weighted by Crippen LogP contribution is -2.41. The molecule has 6 heteroatoms. The third kappa shape index (κ3) is 5.71. The summed E-state index contributed by atoms with van der Waals surface area (Å²) >= 11 is 20.6. The number of rotatable bonds is 7. The van der Waals surface area contributed by atoms with Gasteiger partial charge in [0.1, 0.15) is 0 Å². The van der Waals surface area contributed by atoms with Gasteiger partial charge in [0.25, 0.3) is 0 Å². The molecule has 2 aromatic rings. The third-order valence-corrected chi connectivity index (χ3v) is 6.74. The first kappa shape index (κ1) is 21.1. The molecule has 0 radical (unpaired) electrons. The van der Waals surface area contributed by atoms with E-state index in [-0.39, 0.29) is 6.04 Å². The van der Waals surface area contributed by atoms with Crippen LogP contribution in [0.2, 0.25) is 15.1 Å².